The van der Waals surface area contributed by atoms with Crippen molar-refractivity contribution < 1.29 is 4.92 Å². The molecule has 3 rings (SSSR count). The third-order valence-corrected chi connectivity index (χ3v) is 3.08. The number of pyridine rings is 1. The predicted molar refractivity (Wildman–Crippen MR) is 79.8 cm³/mol. The zero-order chi connectivity index (χ0) is 16.4. The molecule has 0 unspecified atom stereocenters. The minimum Gasteiger partial charge on any atom is -0.364 e. The number of hydrogen-bond acceptors (Lipinski definition) is 8. The van der Waals surface area contributed by atoms with E-state index in [4.69, 9.17) is 5.26 Å². The molecule has 0 radical (unpaired) electrons. The molecular formula is C13H10N8O2. The van der Waals surface area contributed by atoms with Crippen LogP contribution in [0.1, 0.15) is 6.92 Å². The van der Waals surface area contributed by atoms with Gasteiger partial charge in [0.05, 0.1) is 22.6 Å². The van der Waals surface area contributed by atoms with Crippen LogP contribution in [-0.2, 0) is 0 Å². The second kappa shape index (κ2) is 5.64. The Labute approximate surface area is 129 Å². The Balaban J connectivity index is 2.12. The number of nitro groups is 1. The lowest BCUT2D eigenvalue weighted by atomic mass is 10.3. The summed E-state index contributed by atoms with van der Waals surface area (Å²) in [5, 5.41) is 27.6. The van der Waals surface area contributed by atoms with Crippen LogP contribution in [0.2, 0.25) is 0 Å². The SMILES string of the molecule is C[C@H](C#N)Nc1cc(-n2ncc3cncnc32)ncc1[N+](=O)[O-]. The van der Waals surface area contributed by atoms with Crippen molar-refractivity contribution in [3.8, 4) is 11.9 Å². The Kier molecular flexibility index (Phi) is 3.52. The van der Waals surface area contributed by atoms with Gasteiger partial charge in [0.1, 0.15) is 24.3 Å². The highest BCUT2D eigenvalue weighted by Crippen LogP contribution is 2.26. The molecular weight excluding hydrogens is 300 g/mol. The van der Waals surface area contributed by atoms with Gasteiger partial charge in [-0.3, -0.25) is 10.1 Å². The van der Waals surface area contributed by atoms with E-state index in [1.807, 2.05) is 6.07 Å². The molecule has 114 valence electrons. The van der Waals surface area contributed by atoms with E-state index < -0.39 is 11.0 Å². The molecule has 0 aromatic carbocycles. The molecule has 0 spiro atoms. The number of hydrogen-bond donors (Lipinski definition) is 1. The molecule has 0 bridgehead atoms. The lowest BCUT2D eigenvalue weighted by Crippen LogP contribution is -2.14. The maximum absolute atomic E-state index is 11.1. The van der Waals surface area contributed by atoms with E-state index in [0.717, 1.165) is 6.20 Å². The van der Waals surface area contributed by atoms with Crippen LogP contribution in [0.25, 0.3) is 16.9 Å². The summed E-state index contributed by atoms with van der Waals surface area (Å²) in [5.74, 6) is 0.344. The minimum atomic E-state index is -0.597. The molecule has 0 aliphatic carbocycles. The Morgan fingerprint density at radius 1 is 1.39 bits per heavy atom. The van der Waals surface area contributed by atoms with Crippen molar-refractivity contribution in [1.82, 2.24) is 24.7 Å². The first-order chi connectivity index (χ1) is 11.1. The van der Waals surface area contributed by atoms with Gasteiger partial charge in [-0.25, -0.2) is 15.0 Å². The summed E-state index contributed by atoms with van der Waals surface area (Å²) in [5.41, 5.74) is 0.495. The maximum Gasteiger partial charge on any atom is 0.310 e. The van der Waals surface area contributed by atoms with Gasteiger partial charge in [0.25, 0.3) is 0 Å². The molecule has 0 aliphatic rings. The predicted octanol–water partition coefficient (Wildman–Crippen LogP) is 1.44. The standard InChI is InChI=1S/C13H10N8O2/c1-8(3-14)19-10-2-12(16-6-11(10)21(22)23)20-13-9(5-18-20)4-15-7-17-13/h2,4-8H,1H3,(H,16,19)/t8-/m1/s1. The van der Waals surface area contributed by atoms with Crippen LogP contribution < -0.4 is 5.32 Å². The zero-order valence-electron chi connectivity index (χ0n) is 11.9. The summed E-state index contributed by atoms with van der Waals surface area (Å²) in [6.07, 6.45) is 5.68. The van der Waals surface area contributed by atoms with Gasteiger partial charge in [-0.2, -0.15) is 15.0 Å². The fourth-order valence-electron chi connectivity index (χ4n) is 2.02. The lowest BCUT2D eigenvalue weighted by Gasteiger charge is -2.10. The summed E-state index contributed by atoms with van der Waals surface area (Å²) in [7, 11) is 0. The van der Waals surface area contributed by atoms with Crippen molar-refractivity contribution in [1.29, 1.82) is 5.26 Å². The summed E-state index contributed by atoms with van der Waals surface area (Å²) >= 11 is 0. The third-order valence-electron chi connectivity index (χ3n) is 3.08. The highest BCUT2D eigenvalue weighted by atomic mass is 16.6. The Hall–Kier alpha value is -3.61. The molecule has 3 aromatic rings. The normalized spacial score (nSPS) is 11.8. The first-order valence-electron chi connectivity index (χ1n) is 6.55. The van der Waals surface area contributed by atoms with E-state index in [0.29, 0.717) is 16.9 Å². The van der Waals surface area contributed by atoms with Gasteiger partial charge in [0.15, 0.2) is 11.5 Å². The van der Waals surface area contributed by atoms with Crippen LogP contribution in [0, 0.1) is 21.4 Å². The summed E-state index contributed by atoms with van der Waals surface area (Å²) in [4.78, 5) is 22.6. The number of fused-ring (bicyclic) bond motifs is 1. The molecule has 0 aliphatic heterocycles. The molecule has 1 atom stereocenters. The maximum atomic E-state index is 11.1. The summed E-state index contributed by atoms with van der Waals surface area (Å²) in [6.45, 7) is 1.60. The molecule has 0 saturated carbocycles. The molecule has 10 heteroatoms. The van der Waals surface area contributed by atoms with E-state index in [2.05, 4.69) is 25.4 Å². The second-order valence-electron chi connectivity index (χ2n) is 4.67. The molecule has 3 heterocycles. The van der Waals surface area contributed by atoms with Gasteiger partial charge in [-0.1, -0.05) is 0 Å². The van der Waals surface area contributed by atoms with Crippen LogP contribution in [0.15, 0.2) is 31.0 Å². The van der Waals surface area contributed by atoms with Gasteiger partial charge in [0.2, 0.25) is 0 Å². The largest absolute Gasteiger partial charge is 0.364 e. The van der Waals surface area contributed by atoms with Crippen molar-refractivity contribution in [2.75, 3.05) is 5.32 Å². The van der Waals surface area contributed by atoms with Crippen molar-refractivity contribution in [2.24, 2.45) is 0 Å². The fraction of sp³-hybridized carbons (Fsp3) is 0.154. The topological polar surface area (TPSA) is 135 Å². The Morgan fingerprint density at radius 3 is 2.96 bits per heavy atom. The smallest absolute Gasteiger partial charge is 0.310 e. The number of anilines is 1. The van der Waals surface area contributed by atoms with Crippen LogP contribution in [0.5, 0.6) is 0 Å². The molecule has 0 saturated heterocycles. The van der Waals surface area contributed by atoms with Crippen molar-refractivity contribution in [3.05, 3.63) is 41.1 Å². The van der Waals surface area contributed by atoms with Crippen molar-refractivity contribution in [2.45, 2.75) is 13.0 Å². The minimum absolute atomic E-state index is 0.187. The number of aromatic nitrogens is 5. The van der Waals surface area contributed by atoms with E-state index in [1.54, 1.807) is 19.3 Å². The molecule has 0 fully saturated rings. The van der Waals surface area contributed by atoms with Gasteiger partial charge < -0.3 is 5.32 Å². The average molecular weight is 310 g/mol. The van der Waals surface area contributed by atoms with Crippen LogP contribution in [0.3, 0.4) is 0 Å². The number of rotatable bonds is 4. The number of nitrogens with one attached hydrogen (secondary N) is 1. The first kappa shape index (κ1) is 14.3. The molecule has 10 nitrogen and oxygen atoms in total. The molecule has 1 N–H and O–H groups in total. The van der Waals surface area contributed by atoms with E-state index in [1.165, 1.54) is 17.1 Å². The van der Waals surface area contributed by atoms with E-state index in [9.17, 15) is 10.1 Å². The lowest BCUT2D eigenvalue weighted by molar-refractivity contribution is -0.384. The fourth-order valence-corrected chi connectivity index (χ4v) is 2.02. The van der Waals surface area contributed by atoms with Crippen molar-refractivity contribution in [3.63, 3.8) is 0 Å². The average Bonchev–Trinajstić information content (AvgIpc) is 2.98. The molecule has 0 amide bonds. The van der Waals surface area contributed by atoms with Crippen LogP contribution >= 0.6 is 0 Å². The Bertz CT molecular complexity index is 929. The van der Waals surface area contributed by atoms with Crippen LogP contribution in [-0.4, -0.2) is 35.7 Å². The van der Waals surface area contributed by atoms with Gasteiger partial charge in [-0.15, -0.1) is 0 Å². The third kappa shape index (κ3) is 2.62. The molecule has 3 aromatic heterocycles. The highest BCUT2D eigenvalue weighted by Gasteiger charge is 2.18. The summed E-state index contributed by atoms with van der Waals surface area (Å²) < 4.78 is 1.45. The monoisotopic (exact) mass is 310 g/mol. The number of nitrogens with zero attached hydrogens (tertiary/aromatic N) is 7. The van der Waals surface area contributed by atoms with Crippen LogP contribution in [0.4, 0.5) is 11.4 Å². The molecule has 23 heavy (non-hydrogen) atoms. The number of nitriles is 1. The zero-order valence-corrected chi connectivity index (χ0v) is 11.9. The van der Waals surface area contributed by atoms with Gasteiger partial charge in [-0.05, 0) is 6.92 Å². The second-order valence-corrected chi connectivity index (χ2v) is 4.67. The highest BCUT2D eigenvalue weighted by molar-refractivity contribution is 5.75. The van der Waals surface area contributed by atoms with Crippen molar-refractivity contribution >= 4 is 22.4 Å². The van der Waals surface area contributed by atoms with Gasteiger partial charge >= 0.3 is 5.69 Å². The quantitative estimate of drug-likeness (QED) is 0.564. The summed E-state index contributed by atoms with van der Waals surface area (Å²) in [6, 6.07) is 2.83. The Morgan fingerprint density at radius 2 is 2.22 bits per heavy atom. The van der Waals surface area contributed by atoms with E-state index in [-0.39, 0.29) is 11.4 Å². The van der Waals surface area contributed by atoms with Gasteiger partial charge in [0, 0.05) is 12.3 Å². The van der Waals surface area contributed by atoms with E-state index >= 15 is 0 Å². The first-order valence-corrected chi connectivity index (χ1v) is 6.55.